The van der Waals surface area contributed by atoms with Gasteiger partial charge in [0.1, 0.15) is 0 Å². The van der Waals surface area contributed by atoms with Gasteiger partial charge in [-0.3, -0.25) is 9.10 Å². The molecule has 0 heterocycles. The molecule has 7 nitrogen and oxygen atoms in total. The van der Waals surface area contributed by atoms with Gasteiger partial charge >= 0.3 is 5.97 Å². The first-order valence-electron chi connectivity index (χ1n) is 8.84. The number of esters is 1. The van der Waals surface area contributed by atoms with E-state index < -0.39 is 16.0 Å². The van der Waals surface area contributed by atoms with Gasteiger partial charge < -0.3 is 10.1 Å². The summed E-state index contributed by atoms with van der Waals surface area (Å²) in [7, 11) is -2.23. The minimum Gasteiger partial charge on any atom is -0.465 e. The average molecular weight is 439 g/mol. The van der Waals surface area contributed by atoms with Crippen molar-refractivity contribution in [3.05, 3.63) is 58.6 Å². The lowest BCUT2D eigenvalue weighted by Gasteiger charge is -2.24. The van der Waals surface area contributed by atoms with Crippen molar-refractivity contribution in [2.75, 3.05) is 29.5 Å². The van der Waals surface area contributed by atoms with Crippen molar-refractivity contribution in [2.24, 2.45) is 0 Å². The van der Waals surface area contributed by atoms with Crippen molar-refractivity contribution >= 4 is 44.9 Å². The van der Waals surface area contributed by atoms with Gasteiger partial charge in [0.2, 0.25) is 15.9 Å². The predicted octanol–water partition coefficient (Wildman–Crippen LogP) is 3.62. The number of ether oxygens (including phenoxy) is 1. The first-order valence-corrected chi connectivity index (χ1v) is 11.1. The van der Waals surface area contributed by atoms with Crippen molar-refractivity contribution in [2.45, 2.75) is 19.8 Å². The number of benzene rings is 2. The van der Waals surface area contributed by atoms with Gasteiger partial charge in [0.05, 0.1) is 35.3 Å². The van der Waals surface area contributed by atoms with E-state index >= 15 is 0 Å². The molecule has 1 N–H and O–H groups in total. The number of sulfonamides is 1. The molecule has 0 radical (unpaired) electrons. The van der Waals surface area contributed by atoms with Crippen LogP contribution in [0.5, 0.6) is 0 Å². The molecule has 0 fully saturated rings. The second kappa shape index (κ2) is 9.76. The minimum absolute atomic E-state index is 0.0800. The number of aryl methyl sites for hydroxylation is 1. The maximum Gasteiger partial charge on any atom is 0.337 e. The highest BCUT2D eigenvalue weighted by Crippen LogP contribution is 2.25. The van der Waals surface area contributed by atoms with Crippen molar-refractivity contribution in [3.8, 4) is 0 Å². The van der Waals surface area contributed by atoms with E-state index in [2.05, 4.69) is 10.1 Å². The maximum atomic E-state index is 12.3. The third-order valence-corrected chi connectivity index (χ3v) is 5.72. The number of anilines is 2. The number of para-hydroxylation sites is 1. The second-order valence-corrected chi connectivity index (χ2v) is 8.77. The van der Waals surface area contributed by atoms with Gasteiger partial charge in [0, 0.05) is 13.0 Å². The first-order chi connectivity index (χ1) is 13.6. The van der Waals surface area contributed by atoms with Crippen LogP contribution < -0.4 is 9.62 Å². The van der Waals surface area contributed by atoms with Gasteiger partial charge in [-0.05, 0) is 43.2 Å². The Hall–Kier alpha value is -2.58. The second-order valence-electron chi connectivity index (χ2n) is 6.46. The summed E-state index contributed by atoms with van der Waals surface area (Å²) in [5.41, 5.74) is 1.96. The van der Waals surface area contributed by atoms with E-state index in [9.17, 15) is 18.0 Å². The molecular weight excluding hydrogens is 416 g/mol. The number of hydrogen-bond donors (Lipinski definition) is 1. The zero-order valence-corrected chi connectivity index (χ0v) is 18.0. The highest BCUT2D eigenvalue weighted by atomic mass is 35.5. The molecule has 2 aromatic rings. The summed E-state index contributed by atoms with van der Waals surface area (Å²) in [4.78, 5) is 23.9. The van der Waals surface area contributed by atoms with Crippen molar-refractivity contribution in [1.29, 1.82) is 0 Å². The molecule has 0 unspecified atom stereocenters. The molecule has 0 aliphatic carbocycles. The van der Waals surface area contributed by atoms with Crippen molar-refractivity contribution < 1.29 is 22.7 Å². The van der Waals surface area contributed by atoms with Crippen LogP contribution >= 0.6 is 11.6 Å². The van der Waals surface area contributed by atoms with E-state index in [-0.39, 0.29) is 29.5 Å². The predicted molar refractivity (Wildman–Crippen MR) is 114 cm³/mol. The fourth-order valence-electron chi connectivity index (χ4n) is 2.77. The van der Waals surface area contributed by atoms with E-state index in [4.69, 9.17) is 11.6 Å². The number of methoxy groups -OCH3 is 1. The van der Waals surface area contributed by atoms with Crippen LogP contribution in [0.2, 0.25) is 5.02 Å². The molecule has 0 atom stereocenters. The zero-order valence-electron chi connectivity index (χ0n) is 16.4. The molecule has 2 aromatic carbocycles. The Morgan fingerprint density at radius 1 is 1.17 bits per heavy atom. The van der Waals surface area contributed by atoms with Crippen LogP contribution in [0, 0.1) is 6.92 Å². The van der Waals surface area contributed by atoms with Crippen LogP contribution in [0.3, 0.4) is 0 Å². The summed E-state index contributed by atoms with van der Waals surface area (Å²) >= 11 is 6.08. The number of carbonyl (C=O) groups excluding carboxylic acids is 2. The number of nitrogens with one attached hydrogen (secondary N) is 1. The molecule has 0 saturated heterocycles. The Bertz CT molecular complexity index is 1010. The number of nitrogens with zero attached hydrogens (tertiary/aromatic N) is 1. The van der Waals surface area contributed by atoms with Gasteiger partial charge in [0.15, 0.2) is 0 Å². The Morgan fingerprint density at radius 3 is 2.48 bits per heavy atom. The van der Waals surface area contributed by atoms with Crippen molar-refractivity contribution in [3.63, 3.8) is 0 Å². The van der Waals surface area contributed by atoms with Crippen LogP contribution in [0.25, 0.3) is 0 Å². The maximum absolute atomic E-state index is 12.3. The summed E-state index contributed by atoms with van der Waals surface area (Å²) in [6.45, 7) is 1.99. The zero-order chi connectivity index (χ0) is 21.6. The molecular formula is C20H23ClN2O5S. The van der Waals surface area contributed by atoms with Crippen LogP contribution in [0.15, 0.2) is 42.5 Å². The lowest BCUT2D eigenvalue weighted by atomic mass is 10.2. The topological polar surface area (TPSA) is 92.8 Å². The van der Waals surface area contributed by atoms with Crippen LogP contribution in [-0.4, -0.2) is 40.2 Å². The van der Waals surface area contributed by atoms with E-state index in [1.807, 2.05) is 19.1 Å². The van der Waals surface area contributed by atoms with E-state index in [1.54, 1.807) is 12.1 Å². The highest BCUT2D eigenvalue weighted by Gasteiger charge is 2.19. The van der Waals surface area contributed by atoms with Crippen LogP contribution in [0.1, 0.15) is 28.8 Å². The lowest BCUT2D eigenvalue weighted by molar-refractivity contribution is -0.116. The molecule has 29 heavy (non-hydrogen) atoms. The van der Waals surface area contributed by atoms with E-state index in [1.165, 1.54) is 29.6 Å². The third-order valence-electron chi connectivity index (χ3n) is 4.21. The molecule has 0 aliphatic rings. The molecule has 0 saturated carbocycles. The standard InChI is InChI=1S/C20H23ClN2O5S/c1-14-7-4-5-8-18(14)23(29(3,26)27)12-6-9-19(24)22-17-13-15(20(25)28-2)10-11-16(17)21/h4-5,7-8,10-11,13H,6,9,12H2,1-3H3,(H,22,24). The lowest BCUT2D eigenvalue weighted by Crippen LogP contribution is -2.32. The number of halogens is 1. The summed E-state index contributed by atoms with van der Waals surface area (Å²) < 4.78 is 30.3. The van der Waals surface area contributed by atoms with Crippen molar-refractivity contribution in [1.82, 2.24) is 0 Å². The van der Waals surface area contributed by atoms with Gasteiger partial charge in [-0.25, -0.2) is 13.2 Å². The molecule has 156 valence electrons. The molecule has 1 amide bonds. The third kappa shape index (κ3) is 6.20. The van der Waals surface area contributed by atoms with Crippen LogP contribution in [-0.2, 0) is 19.6 Å². The highest BCUT2D eigenvalue weighted by molar-refractivity contribution is 7.92. The van der Waals surface area contributed by atoms with Gasteiger partial charge in [-0.15, -0.1) is 0 Å². The average Bonchev–Trinajstić information content (AvgIpc) is 2.66. The normalized spacial score (nSPS) is 11.0. The molecule has 0 bridgehead atoms. The summed E-state index contributed by atoms with van der Waals surface area (Å²) in [6, 6.07) is 11.6. The smallest absolute Gasteiger partial charge is 0.337 e. The Balaban J connectivity index is 2.03. The Kier molecular flexibility index (Phi) is 7.64. The number of hydrogen-bond acceptors (Lipinski definition) is 5. The first kappa shape index (κ1) is 22.7. The van der Waals surface area contributed by atoms with E-state index in [0.717, 1.165) is 11.8 Å². The Morgan fingerprint density at radius 2 is 1.86 bits per heavy atom. The number of rotatable bonds is 8. The van der Waals surface area contributed by atoms with Gasteiger partial charge in [-0.2, -0.15) is 0 Å². The quantitative estimate of drug-likeness (QED) is 0.635. The van der Waals surface area contributed by atoms with Crippen LogP contribution in [0.4, 0.5) is 11.4 Å². The summed E-state index contributed by atoms with van der Waals surface area (Å²) in [5.74, 6) is -0.883. The summed E-state index contributed by atoms with van der Waals surface area (Å²) in [5, 5.41) is 2.93. The Labute approximate surface area is 175 Å². The molecule has 0 aromatic heterocycles. The summed E-state index contributed by atoms with van der Waals surface area (Å²) in [6.07, 6.45) is 1.52. The molecule has 0 aliphatic heterocycles. The number of carbonyl (C=O) groups is 2. The number of amides is 1. The SMILES string of the molecule is COC(=O)c1ccc(Cl)c(NC(=O)CCCN(c2ccccc2C)S(C)(=O)=O)c1. The fraction of sp³-hybridized carbons (Fsp3) is 0.300. The molecule has 0 spiro atoms. The molecule has 9 heteroatoms. The van der Waals surface area contributed by atoms with E-state index in [0.29, 0.717) is 17.8 Å². The largest absolute Gasteiger partial charge is 0.465 e. The fourth-order valence-corrected chi connectivity index (χ4v) is 3.96. The van der Waals surface area contributed by atoms with Gasteiger partial charge in [-0.1, -0.05) is 29.8 Å². The monoisotopic (exact) mass is 438 g/mol. The molecule has 2 rings (SSSR count). The minimum atomic E-state index is -3.49. The van der Waals surface area contributed by atoms with Gasteiger partial charge in [0.25, 0.3) is 0 Å².